The molecule has 204 valence electrons. The van der Waals surface area contributed by atoms with Crippen LogP contribution in [0.15, 0.2) is 30.3 Å². The predicted octanol–water partition coefficient (Wildman–Crippen LogP) is 3.55. The first-order valence-electron chi connectivity index (χ1n) is 13.8. The van der Waals surface area contributed by atoms with Gasteiger partial charge in [-0.1, -0.05) is 18.1 Å². The highest BCUT2D eigenvalue weighted by atomic mass is 16.6. The predicted molar refractivity (Wildman–Crippen MR) is 147 cm³/mol. The molecule has 5 atom stereocenters. The average molecular weight is 529 g/mol. The van der Waals surface area contributed by atoms with Crippen LogP contribution in [0, 0.1) is 25.7 Å². The summed E-state index contributed by atoms with van der Waals surface area (Å²) in [7, 11) is 5.58. The number of carbonyl (C=O) groups excluding carboxylic acids is 2. The number of likely N-dealkylation sites (N-methyl/N-ethyl adjacent to an activating group) is 2. The summed E-state index contributed by atoms with van der Waals surface area (Å²) >= 11 is 0. The van der Waals surface area contributed by atoms with Crippen molar-refractivity contribution >= 4 is 11.9 Å². The van der Waals surface area contributed by atoms with Crippen molar-refractivity contribution in [2.45, 2.75) is 75.7 Å². The average Bonchev–Trinajstić information content (AvgIpc) is 3.26. The van der Waals surface area contributed by atoms with Crippen LogP contribution in [0.25, 0.3) is 0 Å². The number of carbonyl (C=O) groups is 2. The number of esters is 1. The van der Waals surface area contributed by atoms with Crippen LogP contribution in [0.3, 0.4) is 0 Å². The van der Waals surface area contributed by atoms with Gasteiger partial charge in [-0.05, 0) is 88.0 Å². The van der Waals surface area contributed by atoms with Crippen LogP contribution in [-0.2, 0) is 26.2 Å². The number of likely N-dealkylation sites (tertiary alicyclic amines) is 1. The Morgan fingerprint density at radius 2 is 1.95 bits per heavy atom. The zero-order valence-corrected chi connectivity index (χ0v) is 23.6. The summed E-state index contributed by atoms with van der Waals surface area (Å²) in [6.07, 6.45) is 2.44. The van der Waals surface area contributed by atoms with Crippen molar-refractivity contribution < 1.29 is 23.8 Å². The minimum absolute atomic E-state index is 0.0274. The van der Waals surface area contributed by atoms with Crippen molar-refractivity contribution in [3.63, 3.8) is 0 Å². The van der Waals surface area contributed by atoms with Gasteiger partial charge in [0.25, 0.3) is 5.91 Å². The van der Waals surface area contributed by atoms with Crippen LogP contribution in [-0.4, -0.2) is 73.2 Å². The maximum Gasteiger partial charge on any atom is 0.303 e. The Morgan fingerprint density at radius 1 is 1.15 bits per heavy atom. The van der Waals surface area contributed by atoms with Gasteiger partial charge in [0.1, 0.15) is 11.7 Å². The zero-order valence-electron chi connectivity index (χ0n) is 23.6. The Balaban J connectivity index is 1.43. The van der Waals surface area contributed by atoms with Crippen molar-refractivity contribution in [3.8, 4) is 23.3 Å². The van der Waals surface area contributed by atoms with Crippen LogP contribution in [0.2, 0.25) is 0 Å². The van der Waals surface area contributed by atoms with Gasteiger partial charge in [0, 0.05) is 31.0 Å². The van der Waals surface area contributed by atoms with Gasteiger partial charge in [-0.15, -0.1) is 0 Å². The minimum Gasteiger partial charge on any atom is -0.493 e. The molecule has 0 unspecified atom stereocenters. The van der Waals surface area contributed by atoms with Crippen molar-refractivity contribution in [2.75, 3.05) is 27.7 Å². The van der Waals surface area contributed by atoms with E-state index in [0.717, 1.165) is 41.8 Å². The van der Waals surface area contributed by atoms with Gasteiger partial charge in [0.15, 0.2) is 11.5 Å². The van der Waals surface area contributed by atoms with E-state index >= 15 is 0 Å². The van der Waals surface area contributed by atoms with Gasteiger partial charge < -0.3 is 19.1 Å². The molecule has 39 heavy (non-hydrogen) atoms. The number of amides is 1. The Bertz CT molecular complexity index is 1440. The molecule has 1 saturated carbocycles. The van der Waals surface area contributed by atoms with Crippen molar-refractivity contribution in [3.05, 3.63) is 58.1 Å². The molecule has 4 aliphatic rings. The molecule has 0 aromatic heterocycles. The van der Waals surface area contributed by atoms with Crippen molar-refractivity contribution in [2.24, 2.45) is 0 Å². The molecule has 0 N–H and O–H groups in total. The van der Waals surface area contributed by atoms with E-state index in [1.807, 2.05) is 38.2 Å². The van der Waals surface area contributed by atoms with Gasteiger partial charge in [-0.2, -0.15) is 0 Å². The lowest BCUT2D eigenvalue weighted by Crippen LogP contribution is -2.78. The first kappa shape index (κ1) is 25.8. The quantitative estimate of drug-likeness (QED) is 0.449. The summed E-state index contributed by atoms with van der Waals surface area (Å²) < 4.78 is 19.0. The molecule has 2 heterocycles. The maximum atomic E-state index is 13.5. The van der Waals surface area contributed by atoms with Gasteiger partial charge >= 0.3 is 5.97 Å². The highest BCUT2D eigenvalue weighted by molar-refractivity contribution is 5.94. The molecule has 1 amide bonds. The molecule has 0 radical (unpaired) electrons. The third-order valence-corrected chi connectivity index (χ3v) is 9.83. The highest BCUT2D eigenvalue weighted by Crippen LogP contribution is 2.67. The van der Waals surface area contributed by atoms with Crippen LogP contribution >= 0.6 is 0 Å². The number of hydrogen-bond donors (Lipinski definition) is 0. The lowest BCUT2D eigenvalue weighted by Gasteiger charge is -2.65. The van der Waals surface area contributed by atoms with E-state index in [-0.39, 0.29) is 30.1 Å². The van der Waals surface area contributed by atoms with Gasteiger partial charge in [0.2, 0.25) is 0 Å². The third-order valence-electron chi connectivity index (χ3n) is 9.83. The van der Waals surface area contributed by atoms with E-state index in [4.69, 9.17) is 14.2 Å². The molecule has 7 nitrogen and oxygen atoms in total. The normalized spacial score (nSPS) is 29.8. The maximum absolute atomic E-state index is 13.5. The van der Waals surface area contributed by atoms with Crippen LogP contribution < -0.4 is 9.47 Å². The number of rotatable bonds is 3. The fourth-order valence-corrected chi connectivity index (χ4v) is 7.89. The zero-order chi connectivity index (χ0) is 27.7. The van der Waals surface area contributed by atoms with Crippen molar-refractivity contribution in [1.29, 1.82) is 0 Å². The third kappa shape index (κ3) is 3.54. The summed E-state index contributed by atoms with van der Waals surface area (Å²) in [6, 6.07) is 9.87. The van der Waals surface area contributed by atoms with Gasteiger partial charge in [-0.25, -0.2) is 0 Å². The topological polar surface area (TPSA) is 68.3 Å². The van der Waals surface area contributed by atoms with E-state index in [1.54, 1.807) is 12.0 Å². The summed E-state index contributed by atoms with van der Waals surface area (Å²) in [5, 5.41) is 0. The fourth-order valence-electron chi connectivity index (χ4n) is 7.89. The van der Waals surface area contributed by atoms with Crippen LogP contribution in [0.5, 0.6) is 11.5 Å². The molecule has 2 aromatic carbocycles. The lowest BCUT2D eigenvalue weighted by molar-refractivity contribution is -0.220. The number of methoxy groups -OCH3 is 1. The molecule has 2 aliphatic carbocycles. The first-order chi connectivity index (χ1) is 18.6. The number of aryl methyl sites for hydroxylation is 2. The summed E-state index contributed by atoms with van der Waals surface area (Å²) in [6.45, 7) is 6.45. The second kappa shape index (κ2) is 9.02. The fraction of sp³-hybridized carbons (Fsp3) is 0.500. The summed E-state index contributed by atoms with van der Waals surface area (Å²) in [5.74, 6) is 6.80. The van der Waals surface area contributed by atoms with Gasteiger partial charge in [0.05, 0.1) is 24.6 Å². The molecular weight excluding hydrogens is 492 g/mol. The highest BCUT2D eigenvalue weighted by Gasteiger charge is 2.75. The molecule has 2 aromatic rings. The molecular formula is C32H36N2O5. The lowest BCUT2D eigenvalue weighted by atomic mass is 9.48. The van der Waals surface area contributed by atoms with Crippen LogP contribution in [0.1, 0.15) is 54.0 Å². The smallest absolute Gasteiger partial charge is 0.303 e. The second-order valence-electron chi connectivity index (χ2n) is 11.6. The molecule has 2 fully saturated rings. The van der Waals surface area contributed by atoms with Gasteiger partial charge in [-0.3, -0.25) is 14.5 Å². The Labute approximate surface area is 230 Å². The molecule has 1 saturated heterocycles. The first-order valence-corrected chi connectivity index (χ1v) is 13.8. The van der Waals surface area contributed by atoms with E-state index in [0.29, 0.717) is 18.6 Å². The number of benzene rings is 2. The standard InChI is InChI=1S/C32H36N2O5/c1-19-7-8-22(17-20(19)2)9-12-27(36)34(5)24-13-14-32(39-21(3)35)26-18-23-10-11-25(37-6)29-28(23)31(32,30(24)38-29)15-16-33(26)4/h7-8,10-11,17,24,26,30H,13-16,18H2,1-6H3/t24-,26-,30+,31+,32-/m1/s1. The second-order valence-corrected chi connectivity index (χ2v) is 11.6. The summed E-state index contributed by atoms with van der Waals surface area (Å²) in [4.78, 5) is 30.2. The molecule has 2 aliphatic heterocycles. The Hall–Kier alpha value is -3.50. The molecule has 7 heteroatoms. The largest absolute Gasteiger partial charge is 0.493 e. The van der Waals surface area contributed by atoms with E-state index in [9.17, 15) is 9.59 Å². The Morgan fingerprint density at radius 3 is 2.67 bits per heavy atom. The van der Waals surface area contributed by atoms with Crippen molar-refractivity contribution in [1.82, 2.24) is 9.80 Å². The number of hydrogen-bond acceptors (Lipinski definition) is 6. The van der Waals surface area contributed by atoms with E-state index in [1.165, 1.54) is 18.1 Å². The van der Waals surface area contributed by atoms with E-state index < -0.39 is 11.0 Å². The van der Waals surface area contributed by atoms with Crippen LogP contribution in [0.4, 0.5) is 0 Å². The molecule has 1 spiro atoms. The summed E-state index contributed by atoms with van der Waals surface area (Å²) in [5.41, 5.74) is 4.14. The molecule has 6 rings (SSSR count). The minimum atomic E-state index is -0.743. The number of ether oxygens (including phenoxy) is 3. The van der Waals surface area contributed by atoms with E-state index in [2.05, 4.69) is 36.8 Å². The number of piperidine rings is 1. The monoisotopic (exact) mass is 528 g/mol. The number of nitrogens with zero attached hydrogens (tertiary/aromatic N) is 2. The molecule has 2 bridgehead atoms. The SMILES string of the molecule is COc1ccc2c3c1O[C@H]1[C@H](N(C)C(=O)C#Cc4ccc(C)c(C)c4)CC[C@@]4(OC(C)=O)[C@@H](C2)N(C)CC[C@]314. The Kier molecular flexibility index (Phi) is 5.96.